The first-order chi connectivity index (χ1) is 14.8. The molecule has 2 saturated heterocycles. The van der Waals surface area contributed by atoms with E-state index in [9.17, 15) is 13.2 Å². The zero-order valence-electron chi connectivity index (χ0n) is 17.5. The van der Waals surface area contributed by atoms with Gasteiger partial charge < -0.3 is 4.90 Å². The minimum absolute atomic E-state index is 0.0204. The minimum Gasteiger partial charge on any atom is -0.336 e. The molecule has 2 aliphatic rings. The number of amides is 1. The zero-order chi connectivity index (χ0) is 22.2. The second kappa shape index (κ2) is 8.28. The molecular formula is C23H26N4O3S. The van der Waals surface area contributed by atoms with Gasteiger partial charge >= 0.3 is 0 Å². The molecule has 0 saturated carbocycles. The number of benzene rings is 1. The molecule has 4 rings (SSSR count). The second-order valence-corrected chi connectivity index (χ2v) is 9.67. The van der Waals surface area contributed by atoms with E-state index in [1.54, 1.807) is 36.4 Å². The summed E-state index contributed by atoms with van der Waals surface area (Å²) in [6, 6.07) is 10.7. The third-order valence-corrected chi connectivity index (χ3v) is 7.56. The summed E-state index contributed by atoms with van der Waals surface area (Å²) in [5.41, 5.74) is 0.903. The fraction of sp³-hybridized carbons (Fsp3) is 0.304. The summed E-state index contributed by atoms with van der Waals surface area (Å²) >= 11 is 0. The van der Waals surface area contributed by atoms with Gasteiger partial charge in [-0.15, -0.1) is 0 Å². The van der Waals surface area contributed by atoms with E-state index in [0.29, 0.717) is 28.6 Å². The minimum atomic E-state index is -3.92. The second-order valence-electron chi connectivity index (χ2n) is 8.02. The molecule has 3 heterocycles. The van der Waals surface area contributed by atoms with Crippen LogP contribution < -0.4 is 15.3 Å². The fourth-order valence-electron chi connectivity index (χ4n) is 4.35. The van der Waals surface area contributed by atoms with E-state index < -0.39 is 10.0 Å². The first-order valence-electron chi connectivity index (χ1n) is 10.2. The molecule has 0 aliphatic carbocycles. The number of anilines is 1. The van der Waals surface area contributed by atoms with Crippen LogP contribution >= 0.6 is 0 Å². The molecule has 2 bridgehead atoms. The molecule has 2 aromatic rings. The van der Waals surface area contributed by atoms with Gasteiger partial charge in [0.05, 0.1) is 5.35 Å². The van der Waals surface area contributed by atoms with Crippen LogP contribution in [0.5, 0.6) is 0 Å². The van der Waals surface area contributed by atoms with Crippen LogP contribution in [0.15, 0.2) is 55.3 Å². The summed E-state index contributed by atoms with van der Waals surface area (Å²) in [7, 11) is -1.79. The van der Waals surface area contributed by atoms with Crippen LogP contribution in [0.25, 0.3) is 11.5 Å². The number of fused-ring (bicyclic) bond motifs is 2. The average molecular weight is 439 g/mol. The fourth-order valence-corrected chi connectivity index (χ4v) is 5.56. The lowest BCUT2D eigenvalue weighted by molar-refractivity contribution is 0.0524. The molecule has 0 spiro atoms. The number of nitrogens with zero attached hydrogens (tertiary/aromatic N) is 3. The molecule has 7 nitrogen and oxygen atoms in total. The van der Waals surface area contributed by atoms with Crippen molar-refractivity contribution in [3.63, 3.8) is 0 Å². The number of piperazine rings is 1. The van der Waals surface area contributed by atoms with Gasteiger partial charge in [0, 0.05) is 42.6 Å². The topological polar surface area (TPSA) is 82.6 Å². The largest absolute Gasteiger partial charge is 0.336 e. The molecule has 2 aliphatic heterocycles. The van der Waals surface area contributed by atoms with E-state index in [2.05, 4.69) is 34.8 Å². The molecule has 1 amide bonds. The van der Waals surface area contributed by atoms with Crippen molar-refractivity contribution in [2.24, 2.45) is 0 Å². The summed E-state index contributed by atoms with van der Waals surface area (Å²) in [5, 5.41) is 0.742. The summed E-state index contributed by atoms with van der Waals surface area (Å²) < 4.78 is 28.3. The van der Waals surface area contributed by atoms with E-state index in [1.807, 2.05) is 4.90 Å². The van der Waals surface area contributed by atoms with Crippen LogP contribution in [0.3, 0.4) is 0 Å². The van der Waals surface area contributed by atoms with Crippen LogP contribution in [-0.2, 0) is 10.0 Å². The summed E-state index contributed by atoms with van der Waals surface area (Å²) in [4.78, 5) is 21.3. The first-order valence-corrected chi connectivity index (χ1v) is 11.7. The number of carbonyl (C=O) groups is 1. The Bertz CT molecular complexity index is 1210. The molecule has 8 heteroatoms. The molecule has 1 aromatic carbocycles. The molecule has 2 unspecified atom stereocenters. The van der Waals surface area contributed by atoms with Gasteiger partial charge in [-0.05, 0) is 61.5 Å². The van der Waals surface area contributed by atoms with Gasteiger partial charge in [0.1, 0.15) is 4.91 Å². The lowest BCUT2D eigenvalue weighted by atomic mass is 10.1. The van der Waals surface area contributed by atoms with Gasteiger partial charge in [0.25, 0.3) is 15.9 Å². The highest BCUT2D eigenvalue weighted by Gasteiger charge is 2.39. The number of aromatic nitrogens is 1. The van der Waals surface area contributed by atoms with Crippen molar-refractivity contribution in [3.05, 3.63) is 71.4 Å². The Morgan fingerprint density at radius 1 is 1.16 bits per heavy atom. The third-order valence-electron chi connectivity index (χ3n) is 6.12. The van der Waals surface area contributed by atoms with Crippen LogP contribution in [0.1, 0.15) is 23.2 Å². The molecule has 2 fully saturated rings. The van der Waals surface area contributed by atoms with Gasteiger partial charge in [-0.25, -0.2) is 8.42 Å². The van der Waals surface area contributed by atoms with E-state index in [4.69, 9.17) is 0 Å². The Hall–Kier alpha value is -2.97. The van der Waals surface area contributed by atoms with Gasteiger partial charge in [-0.3, -0.25) is 19.4 Å². The molecule has 1 N–H and O–H groups in total. The van der Waals surface area contributed by atoms with Crippen LogP contribution in [0.4, 0.5) is 5.69 Å². The lowest BCUT2D eigenvalue weighted by Crippen LogP contribution is -2.53. The lowest BCUT2D eigenvalue weighted by Gasteiger charge is -2.38. The number of sulfonamides is 1. The Labute approximate surface area is 182 Å². The summed E-state index contributed by atoms with van der Waals surface area (Å²) in [6.45, 7) is 8.92. The highest BCUT2D eigenvalue weighted by atomic mass is 32.2. The molecule has 0 radical (unpaired) electrons. The number of pyridine rings is 1. The van der Waals surface area contributed by atoms with Crippen molar-refractivity contribution < 1.29 is 13.2 Å². The quantitative estimate of drug-likeness (QED) is 0.757. The van der Waals surface area contributed by atoms with Crippen LogP contribution in [0, 0.1) is 0 Å². The van der Waals surface area contributed by atoms with Crippen molar-refractivity contribution in [2.75, 3.05) is 24.9 Å². The average Bonchev–Trinajstić information content (AvgIpc) is 2.95. The number of carbonyl (C=O) groups excluding carboxylic acids is 1. The number of likely N-dealkylation sites (tertiary alicyclic amines) is 1. The van der Waals surface area contributed by atoms with Gasteiger partial charge in [-0.2, -0.15) is 0 Å². The van der Waals surface area contributed by atoms with Crippen LogP contribution in [0.2, 0.25) is 0 Å². The number of nitrogens with one attached hydrogen (secondary N) is 1. The maximum absolute atomic E-state index is 12.9. The van der Waals surface area contributed by atoms with Gasteiger partial charge in [0.2, 0.25) is 0 Å². The number of hydrogen-bond acceptors (Lipinski definition) is 5. The Morgan fingerprint density at radius 3 is 2.39 bits per heavy atom. The zero-order valence-corrected chi connectivity index (χ0v) is 18.3. The number of rotatable bonds is 5. The van der Waals surface area contributed by atoms with Crippen molar-refractivity contribution in [2.45, 2.75) is 24.9 Å². The maximum Gasteiger partial charge on any atom is 0.264 e. The van der Waals surface area contributed by atoms with E-state index >= 15 is 0 Å². The molecule has 1 aromatic heterocycles. The normalized spacial score (nSPS) is 22.2. The van der Waals surface area contributed by atoms with E-state index in [0.717, 1.165) is 25.9 Å². The van der Waals surface area contributed by atoms with Crippen molar-refractivity contribution in [1.82, 2.24) is 14.8 Å². The monoisotopic (exact) mass is 438 g/mol. The van der Waals surface area contributed by atoms with Gasteiger partial charge in [-0.1, -0.05) is 19.2 Å². The smallest absolute Gasteiger partial charge is 0.264 e. The van der Waals surface area contributed by atoms with Crippen molar-refractivity contribution >= 4 is 33.1 Å². The maximum atomic E-state index is 12.9. The standard InChI is InChI=1S/C23H26N4O3S/c1-4-21(22-16(2)6-5-13-24-22)31(29,30)25-18-9-7-17(8-10-18)23(28)27-14-19-11-12-20(15-27)26(19)3/h4-10,13,19-20,25H,1-2,11-12,14-15H2,3H3/b22-21-. The molecular weight excluding hydrogens is 412 g/mol. The van der Waals surface area contributed by atoms with E-state index in [-0.39, 0.29) is 16.2 Å². The molecule has 2 atom stereocenters. The van der Waals surface area contributed by atoms with Gasteiger partial charge in [0.15, 0.2) is 0 Å². The first kappa shape index (κ1) is 21.3. The SMILES string of the molecule is C=C/C(=c1/ncccc1=C)S(=O)(=O)Nc1ccc(C(=O)N2CC3CCC(C2)N3C)cc1. The van der Waals surface area contributed by atoms with Crippen molar-refractivity contribution in [3.8, 4) is 0 Å². The highest BCUT2D eigenvalue weighted by molar-refractivity contribution is 8.01. The predicted octanol–water partition coefficient (Wildman–Crippen LogP) is 1.15. The third kappa shape index (κ3) is 4.13. The number of likely N-dealkylation sites (N-methyl/N-ethyl adjacent to an activating group) is 1. The summed E-state index contributed by atoms with van der Waals surface area (Å²) in [5.74, 6) is -0.0204. The van der Waals surface area contributed by atoms with Crippen LogP contribution in [-0.4, -0.2) is 61.3 Å². The van der Waals surface area contributed by atoms with Crippen molar-refractivity contribution in [1.29, 1.82) is 0 Å². The Kier molecular flexibility index (Phi) is 5.68. The molecule has 162 valence electrons. The Balaban J connectivity index is 1.53. The van der Waals surface area contributed by atoms with E-state index in [1.165, 1.54) is 12.3 Å². The highest BCUT2D eigenvalue weighted by Crippen LogP contribution is 2.29. The number of hydrogen-bond donors (Lipinski definition) is 1. The predicted molar refractivity (Wildman–Crippen MR) is 122 cm³/mol. The Morgan fingerprint density at radius 2 is 1.81 bits per heavy atom. The molecule has 31 heavy (non-hydrogen) atoms. The summed E-state index contributed by atoms with van der Waals surface area (Å²) in [6.07, 6.45) is 5.00.